The number of nitrogens with one attached hydrogen (secondary N) is 1. The van der Waals surface area contributed by atoms with E-state index in [1.165, 1.54) is 32.1 Å². The molecule has 2 nitrogen and oxygen atoms in total. The van der Waals surface area contributed by atoms with Crippen molar-refractivity contribution >= 4 is 0 Å². The van der Waals surface area contributed by atoms with Gasteiger partial charge in [-0.05, 0) is 6.42 Å². The third kappa shape index (κ3) is 8.94. The van der Waals surface area contributed by atoms with Crippen LogP contribution in [0.4, 0.5) is 0 Å². The summed E-state index contributed by atoms with van der Waals surface area (Å²) < 4.78 is 0. The molecule has 0 rings (SSSR count). The van der Waals surface area contributed by atoms with Crippen LogP contribution < -0.4 is 5.32 Å². The van der Waals surface area contributed by atoms with E-state index < -0.39 is 0 Å². The summed E-state index contributed by atoms with van der Waals surface area (Å²) in [6.07, 6.45) is 7.70. The van der Waals surface area contributed by atoms with Crippen LogP contribution in [0.15, 0.2) is 12.3 Å². The maximum absolute atomic E-state index is 8.40. The average molecular weight is 180 g/mol. The lowest BCUT2D eigenvalue weighted by molar-refractivity contribution is 0.595. The Kier molecular flexibility index (Phi) is 8.44. The quantitative estimate of drug-likeness (QED) is 0.460. The Morgan fingerprint density at radius 2 is 1.85 bits per heavy atom. The zero-order chi connectivity index (χ0) is 9.94. The second-order valence-electron chi connectivity index (χ2n) is 3.28. The van der Waals surface area contributed by atoms with E-state index >= 15 is 0 Å². The Bertz CT molecular complexity index is 167. The van der Waals surface area contributed by atoms with Crippen LogP contribution >= 0.6 is 0 Å². The van der Waals surface area contributed by atoms with Gasteiger partial charge in [0.25, 0.3) is 0 Å². The van der Waals surface area contributed by atoms with Gasteiger partial charge in [0.05, 0.1) is 0 Å². The summed E-state index contributed by atoms with van der Waals surface area (Å²) >= 11 is 0. The van der Waals surface area contributed by atoms with E-state index in [9.17, 15) is 0 Å². The highest BCUT2D eigenvalue weighted by molar-refractivity contribution is 5.12. The van der Waals surface area contributed by atoms with E-state index in [-0.39, 0.29) is 0 Å². The molecule has 0 saturated carbocycles. The minimum atomic E-state index is 0.480. The molecule has 1 N–H and O–H groups in total. The molecule has 13 heavy (non-hydrogen) atoms. The van der Waals surface area contributed by atoms with Gasteiger partial charge in [0, 0.05) is 6.54 Å². The molecule has 0 fully saturated rings. The standard InChI is InChI=1S/C11H20N2/c1-3-4-5-6-7-8-9-13-11(2)10-12/h13H,2-9H2,1H3. The topological polar surface area (TPSA) is 35.8 Å². The first-order valence-corrected chi connectivity index (χ1v) is 5.14. The largest absolute Gasteiger partial charge is 0.377 e. The van der Waals surface area contributed by atoms with E-state index in [0.717, 1.165) is 13.0 Å². The number of rotatable bonds is 8. The van der Waals surface area contributed by atoms with Gasteiger partial charge >= 0.3 is 0 Å². The Morgan fingerprint density at radius 3 is 2.46 bits per heavy atom. The monoisotopic (exact) mass is 180 g/mol. The van der Waals surface area contributed by atoms with Gasteiger partial charge in [-0.1, -0.05) is 45.6 Å². The van der Waals surface area contributed by atoms with Crippen LogP contribution in [0.5, 0.6) is 0 Å². The number of hydrogen-bond donors (Lipinski definition) is 1. The van der Waals surface area contributed by atoms with Crippen LogP contribution in [0.2, 0.25) is 0 Å². The van der Waals surface area contributed by atoms with E-state index in [1.807, 2.05) is 6.07 Å². The van der Waals surface area contributed by atoms with Crippen molar-refractivity contribution in [3.63, 3.8) is 0 Å². The van der Waals surface area contributed by atoms with Gasteiger partial charge in [0.2, 0.25) is 0 Å². The third-order valence-corrected chi connectivity index (χ3v) is 2.00. The number of hydrogen-bond acceptors (Lipinski definition) is 2. The molecule has 0 radical (unpaired) electrons. The minimum Gasteiger partial charge on any atom is -0.377 e. The third-order valence-electron chi connectivity index (χ3n) is 2.00. The molecule has 0 aromatic carbocycles. The highest BCUT2D eigenvalue weighted by atomic mass is 14.9. The summed E-state index contributed by atoms with van der Waals surface area (Å²) in [6, 6.07) is 1.97. The summed E-state index contributed by atoms with van der Waals surface area (Å²) in [7, 11) is 0. The van der Waals surface area contributed by atoms with Crippen LogP contribution in [0.3, 0.4) is 0 Å². The Morgan fingerprint density at radius 1 is 1.23 bits per heavy atom. The highest BCUT2D eigenvalue weighted by Crippen LogP contribution is 2.04. The second kappa shape index (κ2) is 9.12. The van der Waals surface area contributed by atoms with E-state index in [0.29, 0.717) is 5.70 Å². The van der Waals surface area contributed by atoms with E-state index in [1.54, 1.807) is 0 Å². The van der Waals surface area contributed by atoms with Crippen LogP contribution in [0.25, 0.3) is 0 Å². The SMILES string of the molecule is C=C(C#N)NCCCCCCCC. The highest BCUT2D eigenvalue weighted by Gasteiger charge is 1.91. The van der Waals surface area contributed by atoms with Crippen molar-refractivity contribution in [2.45, 2.75) is 45.4 Å². The molecule has 0 aromatic rings. The summed E-state index contributed by atoms with van der Waals surface area (Å²) in [5.41, 5.74) is 0.480. The molecule has 0 atom stereocenters. The van der Waals surface area contributed by atoms with Crippen LogP contribution in [-0.4, -0.2) is 6.54 Å². The van der Waals surface area contributed by atoms with Crippen molar-refractivity contribution in [2.24, 2.45) is 0 Å². The smallest absolute Gasteiger partial charge is 0.116 e. The van der Waals surface area contributed by atoms with Gasteiger partial charge in [0.1, 0.15) is 11.8 Å². The summed E-state index contributed by atoms with van der Waals surface area (Å²) in [5.74, 6) is 0. The molecule has 0 spiro atoms. The minimum absolute atomic E-state index is 0.480. The second-order valence-corrected chi connectivity index (χ2v) is 3.28. The molecule has 2 heteroatoms. The van der Waals surface area contributed by atoms with Crippen molar-refractivity contribution in [1.82, 2.24) is 5.32 Å². The molecule has 0 aromatic heterocycles. The first kappa shape index (κ1) is 12.0. The average Bonchev–Trinajstić information content (AvgIpc) is 2.16. The predicted molar refractivity (Wildman–Crippen MR) is 56.1 cm³/mol. The summed E-state index contributed by atoms with van der Waals surface area (Å²) in [4.78, 5) is 0. The lowest BCUT2D eigenvalue weighted by Gasteiger charge is -2.02. The summed E-state index contributed by atoms with van der Waals surface area (Å²) in [6.45, 7) is 6.66. The Balaban J connectivity index is 3.00. The van der Waals surface area contributed by atoms with E-state index in [2.05, 4.69) is 18.8 Å². The first-order valence-electron chi connectivity index (χ1n) is 5.14. The molecule has 0 saturated heterocycles. The number of unbranched alkanes of at least 4 members (excludes halogenated alkanes) is 5. The molecule has 74 valence electrons. The van der Waals surface area contributed by atoms with Crippen molar-refractivity contribution in [1.29, 1.82) is 5.26 Å². The van der Waals surface area contributed by atoms with Gasteiger partial charge in [-0.3, -0.25) is 0 Å². The molecular weight excluding hydrogens is 160 g/mol. The fraction of sp³-hybridized carbons (Fsp3) is 0.727. The molecular formula is C11H20N2. The van der Waals surface area contributed by atoms with Crippen molar-refractivity contribution in [3.05, 3.63) is 12.3 Å². The number of nitriles is 1. The zero-order valence-corrected chi connectivity index (χ0v) is 8.60. The lowest BCUT2D eigenvalue weighted by atomic mass is 10.1. The number of allylic oxidation sites excluding steroid dienone is 1. The predicted octanol–water partition coefficient (Wildman–Crippen LogP) is 2.97. The molecule has 0 bridgehead atoms. The van der Waals surface area contributed by atoms with E-state index in [4.69, 9.17) is 5.26 Å². The molecule has 0 aliphatic heterocycles. The van der Waals surface area contributed by atoms with Gasteiger partial charge < -0.3 is 5.32 Å². The molecule has 0 amide bonds. The van der Waals surface area contributed by atoms with Crippen molar-refractivity contribution < 1.29 is 0 Å². The number of nitrogens with zero attached hydrogens (tertiary/aromatic N) is 1. The lowest BCUT2D eigenvalue weighted by Crippen LogP contribution is -2.12. The Labute approximate surface area is 81.6 Å². The maximum atomic E-state index is 8.40. The van der Waals surface area contributed by atoms with Crippen molar-refractivity contribution in [2.75, 3.05) is 6.54 Å². The molecule has 0 aliphatic carbocycles. The van der Waals surface area contributed by atoms with Crippen LogP contribution in [0, 0.1) is 11.3 Å². The molecule has 0 aliphatic rings. The fourth-order valence-electron chi connectivity index (χ4n) is 1.18. The fourth-order valence-corrected chi connectivity index (χ4v) is 1.18. The van der Waals surface area contributed by atoms with Gasteiger partial charge in [-0.2, -0.15) is 5.26 Å². The van der Waals surface area contributed by atoms with Crippen molar-refractivity contribution in [3.8, 4) is 6.07 Å². The first-order chi connectivity index (χ1) is 6.31. The van der Waals surface area contributed by atoms with Gasteiger partial charge in [-0.25, -0.2) is 0 Å². The molecule has 0 heterocycles. The van der Waals surface area contributed by atoms with Crippen LogP contribution in [0.1, 0.15) is 45.4 Å². The zero-order valence-electron chi connectivity index (χ0n) is 8.60. The molecule has 0 unspecified atom stereocenters. The normalized spacial score (nSPS) is 9.23. The van der Waals surface area contributed by atoms with Crippen LogP contribution in [-0.2, 0) is 0 Å². The maximum Gasteiger partial charge on any atom is 0.116 e. The summed E-state index contributed by atoms with van der Waals surface area (Å²) in [5, 5.41) is 11.4. The Hall–Kier alpha value is -0.970. The van der Waals surface area contributed by atoms with Gasteiger partial charge in [-0.15, -0.1) is 0 Å². The van der Waals surface area contributed by atoms with Gasteiger partial charge in [0.15, 0.2) is 0 Å².